The summed E-state index contributed by atoms with van der Waals surface area (Å²) in [5, 5.41) is 18.1. The van der Waals surface area contributed by atoms with Crippen LogP contribution in [0, 0.1) is 21.7 Å². The van der Waals surface area contributed by atoms with Crippen molar-refractivity contribution in [3.8, 4) is 17.1 Å². The van der Waals surface area contributed by atoms with E-state index in [0.29, 0.717) is 5.56 Å². The lowest BCUT2D eigenvalue weighted by molar-refractivity contribution is -0.385. The maximum absolute atomic E-state index is 14.3. The maximum atomic E-state index is 14.3. The minimum Gasteiger partial charge on any atom is -0.490 e. The molecule has 2 aromatic carbocycles. The number of nitro groups is 1. The van der Waals surface area contributed by atoms with E-state index in [4.69, 9.17) is 14.2 Å². The SMILES string of the molecule is COc1c(-c2ncn(C)n2)cc(COCc2cc(NC(=O)OC(C)(C)C)cc(F)c2F)cc1[N+](=O)[O-]. The minimum atomic E-state index is -1.19. The van der Waals surface area contributed by atoms with Gasteiger partial charge in [-0.15, -0.1) is 0 Å². The Labute approximate surface area is 205 Å². The summed E-state index contributed by atoms with van der Waals surface area (Å²) in [6.45, 7) is 4.42. The van der Waals surface area contributed by atoms with Crippen molar-refractivity contribution < 1.29 is 32.7 Å². The highest BCUT2D eigenvalue weighted by atomic mass is 19.2. The summed E-state index contributed by atoms with van der Waals surface area (Å²) >= 11 is 0. The number of aryl methyl sites for hydroxylation is 1. The molecule has 36 heavy (non-hydrogen) atoms. The highest BCUT2D eigenvalue weighted by Crippen LogP contribution is 2.38. The molecule has 1 amide bonds. The predicted octanol–water partition coefficient (Wildman–Crippen LogP) is 4.74. The predicted molar refractivity (Wildman–Crippen MR) is 124 cm³/mol. The standard InChI is InChI=1S/C23H25F2N5O6/c1-23(2,3)36-22(31)27-15-8-14(19(25)17(24)9-15)11-35-10-13-6-16(21-26-12-29(4)28-21)20(34-5)18(7-13)30(32)33/h6-9,12H,10-11H2,1-5H3,(H,27,31). The number of rotatable bonds is 8. The number of carbonyl (C=O) groups is 1. The number of halogens is 2. The van der Waals surface area contributed by atoms with Gasteiger partial charge in [-0.25, -0.2) is 18.6 Å². The number of hydrogen-bond acceptors (Lipinski definition) is 8. The smallest absolute Gasteiger partial charge is 0.412 e. The quantitative estimate of drug-likeness (QED) is 0.343. The van der Waals surface area contributed by atoms with Crippen molar-refractivity contribution in [1.82, 2.24) is 14.8 Å². The average molecular weight is 505 g/mol. The van der Waals surface area contributed by atoms with Crippen LogP contribution in [0.5, 0.6) is 5.75 Å². The molecule has 0 aliphatic carbocycles. The van der Waals surface area contributed by atoms with Gasteiger partial charge in [0.15, 0.2) is 17.5 Å². The minimum absolute atomic E-state index is 0.0228. The zero-order valence-electron chi connectivity index (χ0n) is 20.3. The zero-order chi connectivity index (χ0) is 26.6. The van der Waals surface area contributed by atoms with Crippen molar-refractivity contribution in [2.75, 3.05) is 12.4 Å². The Morgan fingerprint density at radius 3 is 2.50 bits per heavy atom. The Balaban J connectivity index is 1.81. The normalized spacial score (nSPS) is 11.3. The van der Waals surface area contributed by atoms with Crippen LogP contribution < -0.4 is 10.1 Å². The van der Waals surface area contributed by atoms with Gasteiger partial charge in [0.25, 0.3) is 0 Å². The molecule has 13 heteroatoms. The Hall–Kier alpha value is -4.13. The second kappa shape index (κ2) is 10.6. The van der Waals surface area contributed by atoms with Gasteiger partial charge in [-0.05, 0) is 38.5 Å². The summed E-state index contributed by atoms with van der Waals surface area (Å²) in [5.41, 5.74) is -0.678. The summed E-state index contributed by atoms with van der Waals surface area (Å²) in [7, 11) is 2.93. The van der Waals surface area contributed by atoms with Gasteiger partial charge in [-0.3, -0.25) is 20.1 Å². The van der Waals surface area contributed by atoms with Gasteiger partial charge < -0.3 is 14.2 Å². The average Bonchev–Trinajstić information content (AvgIpc) is 3.21. The Morgan fingerprint density at radius 1 is 1.19 bits per heavy atom. The lowest BCUT2D eigenvalue weighted by Gasteiger charge is -2.20. The third kappa shape index (κ3) is 6.50. The van der Waals surface area contributed by atoms with E-state index in [1.165, 1.54) is 30.3 Å². The van der Waals surface area contributed by atoms with Crippen molar-refractivity contribution >= 4 is 17.5 Å². The summed E-state index contributed by atoms with van der Waals surface area (Å²) in [4.78, 5) is 27.1. The van der Waals surface area contributed by atoms with E-state index < -0.39 is 28.3 Å². The first-order chi connectivity index (χ1) is 16.9. The molecule has 0 atom stereocenters. The van der Waals surface area contributed by atoms with Gasteiger partial charge in [-0.2, -0.15) is 5.10 Å². The molecule has 0 radical (unpaired) electrons. The zero-order valence-corrected chi connectivity index (χ0v) is 20.3. The van der Waals surface area contributed by atoms with Crippen LogP contribution in [0.2, 0.25) is 0 Å². The molecular weight excluding hydrogens is 480 g/mol. The Morgan fingerprint density at radius 2 is 1.92 bits per heavy atom. The van der Waals surface area contributed by atoms with Gasteiger partial charge in [0.05, 0.1) is 30.8 Å². The number of aromatic nitrogens is 3. The van der Waals surface area contributed by atoms with E-state index in [-0.39, 0.29) is 47.3 Å². The lowest BCUT2D eigenvalue weighted by Crippen LogP contribution is -2.27. The Kier molecular flexibility index (Phi) is 7.83. The van der Waals surface area contributed by atoms with Crippen LogP contribution in [0.1, 0.15) is 31.9 Å². The molecule has 0 spiro atoms. The fraction of sp³-hybridized carbons (Fsp3) is 0.348. The molecular formula is C23H25F2N5O6. The maximum Gasteiger partial charge on any atom is 0.412 e. The summed E-state index contributed by atoms with van der Waals surface area (Å²) in [6, 6.07) is 4.84. The fourth-order valence-electron chi connectivity index (χ4n) is 3.26. The second-order valence-electron chi connectivity index (χ2n) is 8.75. The lowest BCUT2D eigenvalue weighted by atomic mass is 10.1. The van der Waals surface area contributed by atoms with Crippen LogP contribution in [0.15, 0.2) is 30.6 Å². The molecule has 0 aliphatic heterocycles. The number of benzene rings is 2. The van der Waals surface area contributed by atoms with Crippen molar-refractivity contribution in [2.45, 2.75) is 39.6 Å². The van der Waals surface area contributed by atoms with Gasteiger partial charge in [-0.1, -0.05) is 0 Å². The van der Waals surface area contributed by atoms with Crippen LogP contribution in [0.3, 0.4) is 0 Å². The van der Waals surface area contributed by atoms with E-state index in [2.05, 4.69) is 15.4 Å². The van der Waals surface area contributed by atoms with Gasteiger partial charge in [0.1, 0.15) is 11.9 Å². The van der Waals surface area contributed by atoms with E-state index in [1.54, 1.807) is 33.9 Å². The number of ether oxygens (including phenoxy) is 3. The van der Waals surface area contributed by atoms with E-state index in [0.717, 1.165) is 6.07 Å². The van der Waals surface area contributed by atoms with E-state index in [9.17, 15) is 23.7 Å². The van der Waals surface area contributed by atoms with Crippen LogP contribution in [0.4, 0.5) is 25.0 Å². The Bertz CT molecular complexity index is 1290. The molecule has 0 saturated carbocycles. The van der Waals surface area contributed by atoms with Crippen LogP contribution in [-0.2, 0) is 29.7 Å². The van der Waals surface area contributed by atoms with Crippen molar-refractivity contribution in [2.24, 2.45) is 7.05 Å². The molecule has 3 rings (SSSR count). The third-order valence-corrected chi connectivity index (χ3v) is 4.65. The molecule has 3 aromatic rings. The summed E-state index contributed by atoms with van der Waals surface area (Å²) in [6.07, 6.45) is 0.598. The number of amides is 1. The number of nitrogens with one attached hydrogen (secondary N) is 1. The van der Waals surface area contributed by atoms with Crippen LogP contribution in [-0.4, -0.2) is 38.5 Å². The molecule has 1 N–H and O–H groups in total. The third-order valence-electron chi connectivity index (χ3n) is 4.65. The van der Waals surface area contributed by atoms with Gasteiger partial charge >= 0.3 is 11.8 Å². The molecule has 0 fully saturated rings. The van der Waals surface area contributed by atoms with Crippen molar-refractivity contribution in [1.29, 1.82) is 0 Å². The second-order valence-corrected chi connectivity index (χ2v) is 8.75. The number of methoxy groups -OCH3 is 1. The molecule has 0 aliphatic rings. The molecule has 0 saturated heterocycles. The first-order valence-electron chi connectivity index (χ1n) is 10.6. The monoisotopic (exact) mass is 505 g/mol. The molecule has 1 heterocycles. The number of carbonyl (C=O) groups excluding carboxylic acids is 1. The summed E-state index contributed by atoms with van der Waals surface area (Å²) < 4.78 is 45.8. The number of hydrogen-bond donors (Lipinski definition) is 1. The fourth-order valence-corrected chi connectivity index (χ4v) is 3.26. The van der Waals surface area contributed by atoms with Crippen molar-refractivity contribution in [3.63, 3.8) is 0 Å². The molecule has 192 valence electrons. The van der Waals surface area contributed by atoms with Gasteiger partial charge in [0, 0.05) is 30.4 Å². The molecule has 11 nitrogen and oxygen atoms in total. The van der Waals surface area contributed by atoms with Crippen LogP contribution in [0.25, 0.3) is 11.4 Å². The van der Waals surface area contributed by atoms with Crippen molar-refractivity contribution in [3.05, 3.63) is 63.5 Å². The molecule has 0 bridgehead atoms. The van der Waals surface area contributed by atoms with E-state index in [1.807, 2.05) is 0 Å². The number of nitrogens with zero attached hydrogens (tertiary/aromatic N) is 4. The first kappa shape index (κ1) is 26.5. The first-order valence-corrected chi connectivity index (χ1v) is 10.6. The number of nitro benzene ring substituents is 1. The highest BCUT2D eigenvalue weighted by molar-refractivity contribution is 5.85. The van der Waals surface area contributed by atoms with Crippen LogP contribution >= 0.6 is 0 Å². The van der Waals surface area contributed by atoms with Gasteiger partial charge in [0.2, 0.25) is 5.75 Å². The largest absolute Gasteiger partial charge is 0.490 e. The summed E-state index contributed by atoms with van der Waals surface area (Å²) in [5.74, 6) is -2.16. The molecule has 0 unspecified atom stereocenters. The highest BCUT2D eigenvalue weighted by Gasteiger charge is 2.24. The molecule has 1 aromatic heterocycles. The van der Waals surface area contributed by atoms with E-state index >= 15 is 0 Å². The topological polar surface area (TPSA) is 131 Å². The number of anilines is 1.